The summed E-state index contributed by atoms with van der Waals surface area (Å²) in [4.78, 5) is 18.6. The maximum atomic E-state index is 12.5. The highest BCUT2D eigenvalue weighted by Gasteiger charge is 2.49. The topological polar surface area (TPSA) is 66.5 Å². The van der Waals surface area contributed by atoms with Gasteiger partial charge in [0.1, 0.15) is 0 Å². The van der Waals surface area contributed by atoms with Crippen LogP contribution in [0.25, 0.3) is 0 Å². The summed E-state index contributed by atoms with van der Waals surface area (Å²) in [5.41, 5.74) is 1.16. The van der Waals surface area contributed by atoms with Crippen molar-refractivity contribution in [3.8, 4) is 0 Å². The van der Waals surface area contributed by atoms with E-state index < -0.39 is 0 Å². The average molecular weight is 318 g/mol. The number of hydrogen-bond acceptors (Lipinski definition) is 4. The van der Waals surface area contributed by atoms with E-state index in [2.05, 4.69) is 29.5 Å². The Morgan fingerprint density at radius 2 is 2.43 bits per heavy atom. The quantitative estimate of drug-likeness (QED) is 0.887. The molecule has 6 heteroatoms. The largest absolute Gasteiger partial charge is 0.375 e. The molecule has 0 saturated carbocycles. The van der Waals surface area contributed by atoms with Gasteiger partial charge in [-0.3, -0.25) is 4.98 Å². The lowest BCUT2D eigenvalue weighted by Crippen LogP contribution is -2.61. The molecule has 1 aromatic rings. The second-order valence-electron chi connectivity index (χ2n) is 7.04. The predicted molar refractivity (Wildman–Crippen MR) is 88.1 cm³/mol. The number of hydrogen-bond donors (Lipinski definition) is 2. The molecule has 0 aromatic carbocycles. The van der Waals surface area contributed by atoms with Crippen molar-refractivity contribution in [2.24, 2.45) is 5.41 Å². The van der Waals surface area contributed by atoms with Gasteiger partial charge in [0.05, 0.1) is 12.1 Å². The van der Waals surface area contributed by atoms with Crippen LogP contribution in [0, 0.1) is 5.41 Å². The average Bonchev–Trinajstić information content (AvgIpc) is 2.80. The third-order valence-electron chi connectivity index (χ3n) is 4.60. The minimum atomic E-state index is -0.0222. The van der Waals surface area contributed by atoms with Gasteiger partial charge in [-0.05, 0) is 24.6 Å². The Balaban J connectivity index is 1.58. The van der Waals surface area contributed by atoms with E-state index in [9.17, 15) is 4.79 Å². The predicted octanol–water partition coefficient (Wildman–Crippen LogP) is 1.55. The van der Waals surface area contributed by atoms with Crippen LogP contribution < -0.4 is 10.6 Å². The fourth-order valence-corrected chi connectivity index (χ4v) is 3.49. The highest BCUT2D eigenvalue weighted by atomic mass is 16.5. The van der Waals surface area contributed by atoms with E-state index in [0.29, 0.717) is 6.54 Å². The number of nitrogens with one attached hydrogen (secondary N) is 2. The first-order valence-corrected chi connectivity index (χ1v) is 8.35. The standard InChI is InChI=1S/C17H26N4O2/c1-17(2)12-21(15(17)13-5-3-6-18-9-13)16(22)20-11-14-10-19-7-4-8-23-14/h3,5-6,9,14-15,19H,4,7-8,10-12H2,1-2H3,(H,20,22). The van der Waals surface area contributed by atoms with Crippen molar-refractivity contribution < 1.29 is 9.53 Å². The Kier molecular flexibility index (Phi) is 4.82. The molecule has 2 fully saturated rings. The van der Waals surface area contributed by atoms with Crippen molar-refractivity contribution in [1.29, 1.82) is 0 Å². The summed E-state index contributed by atoms with van der Waals surface area (Å²) in [7, 11) is 0. The first-order chi connectivity index (χ1) is 11.1. The summed E-state index contributed by atoms with van der Waals surface area (Å²) >= 11 is 0. The maximum absolute atomic E-state index is 12.5. The van der Waals surface area contributed by atoms with Crippen molar-refractivity contribution in [3.63, 3.8) is 0 Å². The molecule has 2 amide bonds. The highest BCUT2D eigenvalue weighted by Crippen LogP contribution is 2.47. The molecule has 23 heavy (non-hydrogen) atoms. The van der Waals surface area contributed by atoms with Crippen molar-refractivity contribution in [1.82, 2.24) is 20.5 Å². The van der Waals surface area contributed by atoms with Gasteiger partial charge in [-0.25, -0.2) is 4.79 Å². The van der Waals surface area contributed by atoms with Crippen LogP contribution >= 0.6 is 0 Å². The Morgan fingerprint density at radius 1 is 1.57 bits per heavy atom. The Morgan fingerprint density at radius 3 is 3.17 bits per heavy atom. The number of urea groups is 1. The number of carbonyl (C=O) groups excluding carboxylic acids is 1. The summed E-state index contributed by atoms with van der Waals surface area (Å²) in [6.45, 7) is 8.19. The summed E-state index contributed by atoms with van der Waals surface area (Å²) in [6.07, 6.45) is 4.68. The lowest BCUT2D eigenvalue weighted by Gasteiger charge is -2.54. The molecule has 0 radical (unpaired) electrons. The molecule has 2 aliphatic rings. The smallest absolute Gasteiger partial charge is 0.318 e. The van der Waals surface area contributed by atoms with Crippen LogP contribution in [0.3, 0.4) is 0 Å². The minimum Gasteiger partial charge on any atom is -0.375 e. The van der Waals surface area contributed by atoms with Crippen LogP contribution in [0.1, 0.15) is 31.9 Å². The second-order valence-corrected chi connectivity index (χ2v) is 7.04. The molecule has 0 spiro atoms. The molecule has 2 saturated heterocycles. The first-order valence-electron chi connectivity index (χ1n) is 8.35. The lowest BCUT2D eigenvalue weighted by atomic mass is 9.72. The normalized spacial score (nSPS) is 27.0. The number of rotatable bonds is 3. The molecular formula is C17H26N4O2. The molecule has 3 heterocycles. The van der Waals surface area contributed by atoms with E-state index in [1.54, 1.807) is 6.20 Å². The van der Waals surface area contributed by atoms with Crippen molar-refractivity contribution in [2.75, 3.05) is 32.8 Å². The van der Waals surface area contributed by atoms with Crippen LogP contribution in [0.4, 0.5) is 4.79 Å². The second kappa shape index (κ2) is 6.84. The molecule has 126 valence electrons. The fourth-order valence-electron chi connectivity index (χ4n) is 3.49. The highest BCUT2D eigenvalue weighted by molar-refractivity contribution is 5.76. The van der Waals surface area contributed by atoms with Crippen LogP contribution in [-0.2, 0) is 4.74 Å². The lowest BCUT2D eigenvalue weighted by molar-refractivity contribution is -0.0183. The van der Waals surface area contributed by atoms with Gasteiger partial charge in [0.15, 0.2) is 0 Å². The van der Waals surface area contributed by atoms with Crippen LogP contribution in [0.15, 0.2) is 24.5 Å². The van der Waals surface area contributed by atoms with Gasteiger partial charge in [-0.2, -0.15) is 0 Å². The molecule has 3 rings (SSSR count). The number of ether oxygens (including phenoxy) is 1. The number of nitrogens with zero attached hydrogens (tertiary/aromatic N) is 2. The molecular weight excluding hydrogens is 292 g/mol. The van der Waals surface area contributed by atoms with Gasteiger partial charge in [0, 0.05) is 44.0 Å². The number of aromatic nitrogens is 1. The zero-order valence-corrected chi connectivity index (χ0v) is 13.9. The summed E-state index contributed by atoms with van der Waals surface area (Å²) in [5.74, 6) is 0. The van der Waals surface area contributed by atoms with Crippen molar-refractivity contribution in [2.45, 2.75) is 32.4 Å². The monoisotopic (exact) mass is 318 g/mol. The van der Waals surface area contributed by atoms with Gasteiger partial charge < -0.3 is 20.3 Å². The van der Waals surface area contributed by atoms with E-state index in [-0.39, 0.29) is 23.6 Å². The first kappa shape index (κ1) is 16.2. The van der Waals surface area contributed by atoms with Crippen LogP contribution in [-0.4, -0.2) is 54.8 Å². The molecule has 0 bridgehead atoms. The molecule has 6 nitrogen and oxygen atoms in total. The van der Waals surface area contributed by atoms with Crippen molar-refractivity contribution in [3.05, 3.63) is 30.1 Å². The zero-order valence-electron chi connectivity index (χ0n) is 13.9. The van der Waals surface area contributed by atoms with Crippen LogP contribution in [0.5, 0.6) is 0 Å². The molecule has 0 aliphatic carbocycles. The fraction of sp³-hybridized carbons (Fsp3) is 0.647. The Labute approximate surface area is 137 Å². The minimum absolute atomic E-state index is 0.0222. The van der Waals surface area contributed by atoms with Crippen LogP contribution in [0.2, 0.25) is 0 Å². The van der Waals surface area contributed by atoms with E-state index in [4.69, 9.17) is 4.74 Å². The molecule has 2 unspecified atom stereocenters. The molecule has 2 N–H and O–H groups in total. The van der Waals surface area contributed by atoms with E-state index in [1.807, 2.05) is 23.2 Å². The Bertz CT molecular complexity index is 527. The third-order valence-corrected chi connectivity index (χ3v) is 4.60. The number of amides is 2. The van der Waals surface area contributed by atoms with Crippen molar-refractivity contribution >= 4 is 6.03 Å². The Hall–Kier alpha value is -1.66. The summed E-state index contributed by atoms with van der Waals surface area (Å²) in [6, 6.07) is 4.01. The van der Waals surface area contributed by atoms with E-state index >= 15 is 0 Å². The number of likely N-dealkylation sites (tertiary alicyclic amines) is 1. The van der Waals surface area contributed by atoms with E-state index in [1.165, 1.54) is 0 Å². The van der Waals surface area contributed by atoms with Gasteiger partial charge in [0.25, 0.3) is 0 Å². The van der Waals surface area contributed by atoms with Gasteiger partial charge in [-0.15, -0.1) is 0 Å². The van der Waals surface area contributed by atoms with Gasteiger partial charge >= 0.3 is 6.03 Å². The SMILES string of the molecule is CC1(C)CN(C(=O)NCC2CNCCCO2)C1c1cccnc1. The summed E-state index contributed by atoms with van der Waals surface area (Å²) in [5, 5.41) is 6.35. The number of pyridine rings is 1. The molecule has 1 aromatic heterocycles. The van der Waals surface area contributed by atoms with E-state index in [0.717, 1.165) is 38.2 Å². The number of carbonyl (C=O) groups is 1. The molecule has 2 aliphatic heterocycles. The summed E-state index contributed by atoms with van der Waals surface area (Å²) < 4.78 is 5.73. The molecule has 2 atom stereocenters. The maximum Gasteiger partial charge on any atom is 0.318 e. The third kappa shape index (κ3) is 3.64. The zero-order chi connectivity index (χ0) is 16.3. The van der Waals surface area contributed by atoms with Gasteiger partial charge in [0.2, 0.25) is 0 Å². The van der Waals surface area contributed by atoms with Gasteiger partial charge in [-0.1, -0.05) is 19.9 Å².